The minimum absolute atomic E-state index is 0. The number of carbonyl (C=O) groups excluding carboxylic acids is 2. The SMILES string of the molecule is CN(C)CCCN(C)CC([O-])CN(C)CCCN(C)C.O=C(O)c1ccccc1.O=C([O-])c1ccccc1.O=C([O-])c1ccccc1.[Ni+2].[Ni+2].c1ccc([B-](c2ccccc2)(c2ccccc2)c2ccccc2)cc1. The molecule has 1 N–H and O–H groups in total. The molecule has 0 aliphatic heterocycles. The van der Waals surface area contributed by atoms with Gasteiger partial charge in [0.05, 0.1) is 17.5 Å². The van der Waals surface area contributed by atoms with E-state index in [1.807, 2.05) is 14.1 Å². The summed E-state index contributed by atoms with van der Waals surface area (Å²) in [5, 5.41) is 40.6. The van der Waals surface area contributed by atoms with Crippen LogP contribution in [0.4, 0.5) is 0 Å². The first-order valence-electron chi connectivity index (χ1n) is 24.2. The van der Waals surface area contributed by atoms with Gasteiger partial charge in [0.25, 0.3) is 0 Å². The first-order valence-corrected chi connectivity index (χ1v) is 24.2. The van der Waals surface area contributed by atoms with E-state index in [0.717, 1.165) is 39.0 Å². The molecule has 0 aromatic heterocycles. The van der Waals surface area contributed by atoms with Gasteiger partial charge in [-0.1, -0.05) is 200 Å². The number of rotatable bonds is 19. The van der Waals surface area contributed by atoms with E-state index >= 15 is 0 Å². The summed E-state index contributed by atoms with van der Waals surface area (Å²) in [6.45, 7) is 5.45. The summed E-state index contributed by atoms with van der Waals surface area (Å²) in [4.78, 5) is 39.1. The zero-order chi connectivity index (χ0) is 52.6. The zero-order valence-electron chi connectivity index (χ0n) is 43.3. The van der Waals surface area contributed by atoms with Crippen molar-refractivity contribution in [3.63, 3.8) is 0 Å². The number of hydrogen-bond donors (Lipinski definition) is 1. The Morgan fingerprint density at radius 1 is 0.405 bits per heavy atom. The Morgan fingerprint density at radius 3 is 0.824 bits per heavy atom. The van der Waals surface area contributed by atoms with E-state index in [2.05, 4.69) is 169 Å². The topological polar surface area (TPSA) is 154 Å². The molecule has 7 aromatic carbocycles. The third-order valence-corrected chi connectivity index (χ3v) is 11.6. The Bertz CT molecular complexity index is 2220. The van der Waals surface area contributed by atoms with Crippen LogP contribution in [0.2, 0.25) is 0 Å². The summed E-state index contributed by atoms with van der Waals surface area (Å²) in [5.74, 6) is -3.14. The first kappa shape index (κ1) is 65.8. The van der Waals surface area contributed by atoms with Gasteiger partial charge in [-0.25, -0.2) is 4.79 Å². The molecule has 0 fully saturated rings. The predicted molar refractivity (Wildman–Crippen MR) is 290 cm³/mol. The van der Waals surface area contributed by atoms with Crippen LogP contribution < -0.4 is 37.2 Å². The molecule has 0 amide bonds. The van der Waals surface area contributed by atoms with E-state index in [4.69, 9.17) is 5.11 Å². The Morgan fingerprint density at radius 2 is 0.635 bits per heavy atom. The van der Waals surface area contributed by atoms with Gasteiger partial charge >= 0.3 is 39.0 Å². The Hall–Kier alpha value is -6.20. The van der Waals surface area contributed by atoms with Gasteiger partial charge in [0.1, 0.15) is 6.15 Å². The van der Waals surface area contributed by atoms with Crippen molar-refractivity contribution in [1.82, 2.24) is 19.6 Å². The second-order valence-corrected chi connectivity index (χ2v) is 17.9. The van der Waals surface area contributed by atoms with Crippen molar-refractivity contribution in [3.05, 3.63) is 229 Å². The predicted octanol–water partition coefficient (Wildman–Crippen LogP) is 4.03. The fourth-order valence-corrected chi connectivity index (χ4v) is 8.10. The molecule has 7 aromatic rings. The summed E-state index contributed by atoms with van der Waals surface area (Å²) in [5.41, 5.74) is 6.13. The van der Waals surface area contributed by atoms with Crippen molar-refractivity contribution in [2.45, 2.75) is 18.9 Å². The Balaban J connectivity index is 0.000000495. The van der Waals surface area contributed by atoms with Crippen molar-refractivity contribution >= 4 is 45.9 Å². The summed E-state index contributed by atoms with van der Waals surface area (Å²) in [6, 6.07) is 67.9. The molecule has 11 nitrogen and oxygen atoms in total. The number of hydrogen-bond acceptors (Lipinski definition) is 10. The monoisotopic (exact) mass is 1090 g/mol. The van der Waals surface area contributed by atoms with Gasteiger partial charge in [-0.2, -0.15) is 21.9 Å². The quantitative estimate of drug-likeness (QED) is 0.117. The van der Waals surface area contributed by atoms with Crippen LogP contribution in [-0.4, -0.2) is 136 Å². The summed E-state index contributed by atoms with van der Waals surface area (Å²) >= 11 is 0. The smallest absolute Gasteiger partial charge is 0.850 e. The fourth-order valence-electron chi connectivity index (χ4n) is 8.10. The summed E-state index contributed by atoms with van der Waals surface area (Å²) < 4.78 is 0. The van der Waals surface area contributed by atoms with E-state index in [1.54, 1.807) is 66.7 Å². The molecule has 0 spiro atoms. The van der Waals surface area contributed by atoms with E-state index in [9.17, 15) is 29.7 Å². The molecule has 14 heteroatoms. The molecule has 0 bridgehead atoms. The molecule has 396 valence electrons. The van der Waals surface area contributed by atoms with Gasteiger partial charge in [0.15, 0.2) is 0 Å². The number of carbonyl (C=O) groups is 3. The van der Waals surface area contributed by atoms with Crippen LogP contribution in [0.15, 0.2) is 212 Å². The van der Waals surface area contributed by atoms with Crippen molar-refractivity contribution < 1.29 is 67.8 Å². The molecular formula is C60H71BN4Ni2O7. The third kappa shape index (κ3) is 24.7. The minimum Gasteiger partial charge on any atom is -0.850 e. The number of carboxylic acid groups (broad SMARTS) is 3. The number of nitrogens with zero attached hydrogens (tertiary/aromatic N) is 4. The Kier molecular flexibility index (Phi) is 33.4. The standard InChI is InChI=1S/C24H20B.C15H35N4O.3C7H6O2.2Ni/c1-5-13-21(14-6-1)25(22-15-7-2-8-16-22,23-17-9-3-10-18-23)24-19-11-4-12-20-24;1-16(2)9-7-11-18(5)13-15(20)14-19(6)12-8-10-17(3)4;3*8-7(9)6-4-2-1-3-5-6;;/h1-20H;15H,7-14H2,1-6H3;3*1-5H,(H,8,9);;/q2*-1;;;;2*+2/p-2. The second-order valence-electron chi connectivity index (χ2n) is 17.9. The fraction of sp³-hybridized carbons (Fsp3) is 0.250. The molecule has 0 aliphatic carbocycles. The van der Waals surface area contributed by atoms with Crippen molar-refractivity contribution in [3.8, 4) is 0 Å². The average molecular weight is 1090 g/mol. The number of aromatic carboxylic acids is 3. The Labute approximate surface area is 460 Å². The maximum Gasteiger partial charge on any atom is 2.00 e. The molecule has 0 saturated heterocycles. The number of benzene rings is 7. The molecule has 0 saturated carbocycles. The summed E-state index contributed by atoms with van der Waals surface area (Å²) in [7, 11) is 12.4. The second kappa shape index (κ2) is 37.5. The first-order chi connectivity index (χ1) is 34.6. The zero-order valence-corrected chi connectivity index (χ0v) is 45.3. The summed E-state index contributed by atoms with van der Waals surface area (Å²) in [6.07, 6.45) is 0.514. The largest absolute Gasteiger partial charge is 2.00 e. The van der Waals surface area contributed by atoms with Crippen LogP contribution in [0.25, 0.3) is 0 Å². The van der Waals surface area contributed by atoms with Gasteiger partial charge in [-0.3, -0.25) is 0 Å². The molecule has 7 rings (SSSR count). The van der Waals surface area contributed by atoms with Crippen molar-refractivity contribution in [2.24, 2.45) is 0 Å². The molecule has 0 heterocycles. The maximum atomic E-state index is 12.0. The normalized spacial score (nSPS) is 10.4. The van der Waals surface area contributed by atoms with Gasteiger partial charge in [0.2, 0.25) is 0 Å². The van der Waals surface area contributed by atoms with Gasteiger partial charge in [-0.05, 0) is 118 Å². The van der Waals surface area contributed by atoms with Gasteiger partial charge in [-0.15, -0.1) is 6.10 Å². The van der Waals surface area contributed by atoms with Gasteiger partial charge < -0.3 is 49.6 Å². The van der Waals surface area contributed by atoms with Crippen LogP contribution in [-0.2, 0) is 33.0 Å². The molecule has 0 unspecified atom stereocenters. The van der Waals surface area contributed by atoms with Crippen LogP contribution in [0.3, 0.4) is 0 Å². The van der Waals surface area contributed by atoms with Crippen molar-refractivity contribution in [2.75, 3.05) is 81.6 Å². The van der Waals surface area contributed by atoms with Crippen molar-refractivity contribution in [1.29, 1.82) is 0 Å². The maximum absolute atomic E-state index is 12.0. The molecule has 0 atom stereocenters. The number of carboxylic acids is 3. The van der Waals surface area contributed by atoms with E-state index in [0.29, 0.717) is 18.7 Å². The van der Waals surface area contributed by atoms with Crippen LogP contribution >= 0.6 is 0 Å². The number of likely N-dealkylation sites (N-methyl/N-ethyl adjacent to an activating group) is 2. The van der Waals surface area contributed by atoms with E-state index < -0.39 is 30.2 Å². The average Bonchev–Trinajstić information content (AvgIpc) is 3.39. The molecular weight excluding hydrogens is 1020 g/mol. The van der Waals surface area contributed by atoms with Crippen LogP contribution in [0, 0.1) is 0 Å². The third-order valence-electron chi connectivity index (χ3n) is 11.6. The van der Waals surface area contributed by atoms with Gasteiger partial charge in [0, 0.05) is 0 Å². The van der Waals surface area contributed by atoms with E-state index in [-0.39, 0.29) is 44.1 Å². The molecule has 0 radical (unpaired) electrons. The van der Waals surface area contributed by atoms with Crippen LogP contribution in [0.5, 0.6) is 0 Å². The van der Waals surface area contributed by atoms with E-state index in [1.165, 1.54) is 46.1 Å². The molecule has 0 aliphatic rings. The molecule has 74 heavy (non-hydrogen) atoms. The van der Waals surface area contributed by atoms with Crippen LogP contribution in [0.1, 0.15) is 43.9 Å². The minimum atomic E-state index is -1.22.